The van der Waals surface area contributed by atoms with Crippen molar-refractivity contribution in [2.75, 3.05) is 6.61 Å². The number of nitrogens with zero attached hydrogens (tertiary/aromatic N) is 1. The minimum atomic E-state index is 0.258. The summed E-state index contributed by atoms with van der Waals surface area (Å²) in [5, 5.41) is 6.71. The van der Waals surface area contributed by atoms with Crippen LogP contribution >= 0.6 is 11.3 Å². The molecule has 1 atom stereocenters. The van der Waals surface area contributed by atoms with Gasteiger partial charge >= 0.3 is 0 Å². The summed E-state index contributed by atoms with van der Waals surface area (Å²) in [6, 6.07) is 8.41. The predicted molar refractivity (Wildman–Crippen MR) is 79.7 cm³/mol. The van der Waals surface area contributed by atoms with Crippen molar-refractivity contribution >= 4 is 11.3 Å². The Hall–Kier alpha value is -1.39. The van der Waals surface area contributed by atoms with Crippen LogP contribution in [0.1, 0.15) is 36.2 Å². The Labute approximate surface area is 118 Å². The van der Waals surface area contributed by atoms with Gasteiger partial charge in [0.1, 0.15) is 10.8 Å². The predicted octanol–water partition coefficient (Wildman–Crippen LogP) is 3.70. The first-order valence-electron chi connectivity index (χ1n) is 6.56. The molecule has 0 aliphatic rings. The Balaban J connectivity index is 1.98. The van der Waals surface area contributed by atoms with E-state index in [0.717, 1.165) is 23.0 Å². The van der Waals surface area contributed by atoms with Gasteiger partial charge in [0.25, 0.3) is 0 Å². The van der Waals surface area contributed by atoms with Gasteiger partial charge in [-0.25, -0.2) is 4.98 Å². The van der Waals surface area contributed by atoms with Gasteiger partial charge in [-0.1, -0.05) is 18.2 Å². The van der Waals surface area contributed by atoms with Crippen LogP contribution in [0.15, 0.2) is 29.6 Å². The molecular weight excluding hydrogens is 256 g/mol. The molecule has 0 aliphatic heterocycles. The fraction of sp³-hybridized carbons (Fsp3) is 0.400. The van der Waals surface area contributed by atoms with E-state index < -0.39 is 0 Å². The molecule has 1 aromatic heterocycles. The normalized spacial score (nSPS) is 12.4. The first kappa shape index (κ1) is 14.0. The molecule has 0 saturated heterocycles. The highest BCUT2D eigenvalue weighted by Gasteiger charge is 2.10. The summed E-state index contributed by atoms with van der Waals surface area (Å²) in [4.78, 5) is 4.51. The second-order valence-electron chi connectivity index (χ2n) is 4.47. The van der Waals surface area contributed by atoms with Crippen LogP contribution < -0.4 is 10.1 Å². The van der Waals surface area contributed by atoms with Crippen molar-refractivity contribution in [1.29, 1.82) is 0 Å². The maximum atomic E-state index is 5.63. The molecule has 0 aliphatic carbocycles. The summed E-state index contributed by atoms with van der Waals surface area (Å²) in [5.41, 5.74) is 2.27. The Bertz CT molecular complexity index is 524. The standard InChI is InChI=1S/C15H20N2OS/c1-4-18-14-8-6-5-7-13(14)9-16-12(3)15-17-11(2)10-19-15/h5-8,10,12,16H,4,9H2,1-3H3. The average molecular weight is 276 g/mol. The Morgan fingerprint density at radius 2 is 2.16 bits per heavy atom. The van der Waals surface area contributed by atoms with Crippen LogP contribution in [0.3, 0.4) is 0 Å². The molecule has 4 heteroatoms. The monoisotopic (exact) mass is 276 g/mol. The highest BCUT2D eigenvalue weighted by Crippen LogP contribution is 2.21. The molecule has 2 rings (SSSR count). The SMILES string of the molecule is CCOc1ccccc1CNC(C)c1nc(C)cs1. The number of hydrogen-bond donors (Lipinski definition) is 1. The van der Waals surface area contributed by atoms with Gasteiger partial charge in [0.05, 0.1) is 12.6 Å². The van der Waals surface area contributed by atoms with Crippen molar-refractivity contribution in [3.63, 3.8) is 0 Å². The first-order valence-corrected chi connectivity index (χ1v) is 7.44. The molecule has 102 valence electrons. The lowest BCUT2D eigenvalue weighted by Gasteiger charge is -2.14. The summed E-state index contributed by atoms with van der Waals surface area (Å²) in [6.07, 6.45) is 0. The molecule has 2 aromatic rings. The van der Waals surface area contributed by atoms with E-state index in [0.29, 0.717) is 6.61 Å². The third kappa shape index (κ3) is 3.78. The Morgan fingerprint density at radius 3 is 2.84 bits per heavy atom. The van der Waals surface area contributed by atoms with Gasteiger partial charge in [-0.3, -0.25) is 0 Å². The lowest BCUT2D eigenvalue weighted by atomic mass is 10.2. The zero-order valence-corrected chi connectivity index (χ0v) is 12.5. The van der Waals surface area contributed by atoms with E-state index in [9.17, 15) is 0 Å². The molecule has 0 radical (unpaired) electrons. The molecule has 0 bridgehead atoms. The van der Waals surface area contributed by atoms with Gasteiger partial charge in [-0.15, -0.1) is 11.3 Å². The average Bonchev–Trinajstić information content (AvgIpc) is 2.84. The van der Waals surface area contributed by atoms with Gasteiger partial charge in [0, 0.05) is 23.2 Å². The van der Waals surface area contributed by atoms with E-state index in [1.165, 1.54) is 5.56 Å². The zero-order valence-electron chi connectivity index (χ0n) is 11.6. The lowest BCUT2D eigenvalue weighted by Crippen LogP contribution is -2.18. The van der Waals surface area contributed by atoms with Gasteiger partial charge in [-0.2, -0.15) is 0 Å². The van der Waals surface area contributed by atoms with Gasteiger partial charge in [0.15, 0.2) is 0 Å². The van der Waals surface area contributed by atoms with Crippen molar-refractivity contribution < 1.29 is 4.74 Å². The summed E-state index contributed by atoms with van der Waals surface area (Å²) >= 11 is 1.70. The summed E-state index contributed by atoms with van der Waals surface area (Å²) in [5.74, 6) is 0.958. The second-order valence-corrected chi connectivity index (χ2v) is 5.36. The molecule has 1 heterocycles. The topological polar surface area (TPSA) is 34.1 Å². The van der Waals surface area contributed by atoms with E-state index in [4.69, 9.17) is 4.74 Å². The molecule has 0 spiro atoms. The first-order chi connectivity index (χ1) is 9.20. The van der Waals surface area contributed by atoms with Crippen molar-refractivity contribution in [2.24, 2.45) is 0 Å². The number of benzene rings is 1. The van der Waals surface area contributed by atoms with Crippen LogP contribution in [0, 0.1) is 6.92 Å². The molecule has 0 fully saturated rings. The molecule has 19 heavy (non-hydrogen) atoms. The number of aromatic nitrogens is 1. The van der Waals surface area contributed by atoms with Gasteiger partial charge in [0.2, 0.25) is 0 Å². The minimum Gasteiger partial charge on any atom is -0.494 e. The summed E-state index contributed by atoms with van der Waals surface area (Å²) < 4.78 is 5.63. The molecule has 0 amide bonds. The van der Waals surface area contributed by atoms with Crippen LogP contribution in [0.4, 0.5) is 0 Å². The smallest absolute Gasteiger partial charge is 0.123 e. The Morgan fingerprint density at radius 1 is 1.37 bits per heavy atom. The maximum absolute atomic E-state index is 5.63. The van der Waals surface area contributed by atoms with Crippen molar-refractivity contribution in [2.45, 2.75) is 33.4 Å². The molecular formula is C15H20N2OS. The maximum Gasteiger partial charge on any atom is 0.123 e. The number of para-hydroxylation sites is 1. The van der Waals surface area contributed by atoms with E-state index in [2.05, 4.69) is 28.7 Å². The number of aryl methyl sites for hydroxylation is 1. The number of ether oxygens (including phenoxy) is 1. The van der Waals surface area contributed by atoms with Crippen molar-refractivity contribution in [3.05, 3.63) is 45.9 Å². The molecule has 3 nitrogen and oxygen atoms in total. The number of rotatable bonds is 6. The number of nitrogens with one attached hydrogen (secondary N) is 1. The number of thiazole rings is 1. The summed E-state index contributed by atoms with van der Waals surface area (Å²) in [6.45, 7) is 7.65. The Kier molecular flexibility index (Phi) is 4.93. The molecule has 1 N–H and O–H groups in total. The van der Waals surface area contributed by atoms with Crippen LogP contribution in [-0.2, 0) is 6.54 Å². The zero-order chi connectivity index (χ0) is 13.7. The van der Waals surface area contributed by atoms with E-state index in [-0.39, 0.29) is 6.04 Å². The highest BCUT2D eigenvalue weighted by molar-refractivity contribution is 7.09. The molecule has 0 saturated carbocycles. The summed E-state index contributed by atoms with van der Waals surface area (Å²) in [7, 11) is 0. The van der Waals surface area contributed by atoms with Crippen LogP contribution in [0.2, 0.25) is 0 Å². The van der Waals surface area contributed by atoms with Crippen molar-refractivity contribution in [1.82, 2.24) is 10.3 Å². The quantitative estimate of drug-likeness (QED) is 0.873. The second kappa shape index (κ2) is 6.68. The minimum absolute atomic E-state index is 0.258. The highest BCUT2D eigenvalue weighted by atomic mass is 32.1. The van der Waals surface area contributed by atoms with E-state index >= 15 is 0 Å². The van der Waals surface area contributed by atoms with Crippen LogP contribution in [-0.4, -0.2) is 11.6 Å². The van der Waals surface area contributed by atoms with Crippen LogP contribution in [0.5, 0.6) is 5.75 Å². The van der Waals surface area contributed by atoms with E-state index in [1.807, 2.05) is 32.0 Å². The van der Waals surface area contributed by atoms with Crippen LogP contribution in [0.25, 0.3) is 0 Å². The third-order valence-electron chi connectivity index (χ3n) is 2.88. The lowest BCUT2D eigenvalue weighted by molar-refractivity contribution is 0.335. The third-order valence-corrected chi connectivity index (χ3v) is 4.02. The fourth-order valence-corrected chi connectivity index (χ4v) is 2.70. The largest absolute Gasteiger partial charge is 0.494 e. The molecule has 1 unspecified atom stereocenters. The molecule has 1 aromatic carbocycles. The van der Waals surface area contributed by atoms with Gasteiger partial charge in [-0.05, 0) is 26.8 Å². The van der Waals surface area contributed by atoms with Gasteiger partial charge < -0.3 is 10.1 Å². The van der Waals surface area contributed by atoms with Crippen molar-refractivity contribution in [3.8, 4) is 5.75 Å². The fourth-order valence-electron chi connectivity index (χ4n) is 1.87. The van der Waals surface area contributed by atoms with E-state index in [1.54, 1.807) is 11.3 Å². The number of hydrogen-bond acceptors (Lipinski definition) is 4.